The average Bonchev–Trinajstić information content (AvgIpc) is 4.09. The smallest absolute Gasteiger partial charge is 0.407 e. The van der Waals surface area contributed by atoms with E-state index < -0.39 is 36.4 Å². The first kappa shape index (κ1) is 41.6. The van der Waals surface area contributed by atoms with Crippen molar-refractivity contribution in [1.29, 1.82) is 0 Å². The molecule has 61 heavy (non-hydrogen) atoms. The first-order chi connectivity index (χ1) is 29.2. The minimum Gasteiger partial charge on any atom is -0.467 e. The highest BCUT2D eigenvalue weighted by atomic mass is 16.5. The van der Waals surface area contributed by atoms with Gasteiger partial charge in [0.15, 0.2) is 5.72 Å². The van der Waals surface area contributed by atoms with Crippen LogP contribution in [0.4, 0.5) is 4.79 Å². The van der Waals surface area contributed by atoms with E-state index in [0.717, 1.165) is 76.1 Å². The topological polar surface area (TPSA) is 200 Å². The van der Waals surface area contributed by atoms with E-state index in [-0.39, 0.29) is 35.7 Å². The number of benzene rings is 2. The number of aliphatic hydroxyl groups is 1. The van der Waals surface area contributed by atoms with Gasteiger partial charge in [0, 0.05) is 35.2 Å². The SMILES string of the molecule is COC(=O)N[C@H](C(=O)N1CCC[C@H]1c1ncc(-c2ccc3c(c2)OC(C)(C)n2c-3cc3cc(-c4cnc([C@@H]5CCCN5C(=O)[C@@H](NC(=O)CO)C(C)C)[nH]4)ccc32)[nH]1)C(C)C. The van der Waals surface area contributed by atoms with Crippen LogP contribution in [0.15, 0.2) is 54.9 Å². The van der Waals surface area contributed by atoms with Crippen LogP contribution in [-0.4, -0.2) is 102 Å². The number of amides is 4. The molecule has 8 rings (SSSR count). The van der Waals surface area contributed by atoms with Crippen LogP contribution < -0.4 is 15.4 Å². The van der Waals surface area contributed by atoms with Crippen LogP contribution in [0, 0.1) is 11.8 Å². The number of fused-ring (bicyclic) bond motifs is 5. The zero-order valence-corrected chi connectivity index (χ0v) is 35.7. The molecule has 5 N–H and O–H groups in total. The number of aliphatic hydroxyl groups excluding tert-OH is 1. The number of ether oxygens (including phenoxy) is 2. The minimum atomic E-state index is -0.740. The van der Waals surface area contributed by atoms with Gasteiger partial charge in [-0.1, -0.05) is 39.8 Å². The number of nitrogens with zero attached hydrogens (tertiary/aromatic N) is 5. The molecule has 2 aromatic carbocycles. The summed E-state index contributed by atoms with van der Waals surface area (Å²) in [4.78, 5) is 71.4. The molecule has 0 saturated carbocycles. The number of hydrogen-bond donors (Lipinski definition) is 5. The van der Waals surface area contributed by atoms with Crippen LogP contribution in [0.5, 0.6) is 5.75 Å². The highest BCUT2D eigenvalue weighted by Gasteiger charge is 2.40. The standard InChI is InChI=1S/C45H55N9O7/c1-24(2)38(50-37(56)23-55)42(57)52-16-8-10-33(52)40-46-21-30(48-40)26-13-15-32-28(18-26)19-35-29-14-12-27(20-36(29)61-45(5,6)54(32)35)31-22-47-41(49-31)34-11-9-17-53(34)43(58)39(25(3)4)51-44(59)60-7/h12-15,18-22,24-25,33-34,38-39,55H,8-11,16-17,23H2,1-7H3,(H,46,48)(H,47,49)(H,50,56)(H,51,59)/t33-,34-,38-,39-/m0/s1. The molecule has 16 nitrogen and oxygen atoms in total. The second-order valence-corrected chi connectivity index (χ2v) is 17.4. The number of aromatic amines is 2. The number of carbonyl (C=O) groups excluding carboxylic acids is 4. The maximum Gasteiger partial charge on any atom is 0.407 e. The summed E-state index contributed by atoms with van der Waals surface area (Å²) in [6.45, 7) is 12.1. The lowest BCUT2D eigenvalue weighted by Gasteiger charge is -2.36. The Morgan fingerprint density at radius 3 is 1.95 bits per heavy atom. The number of H-pyrrole nitrogens is 2. The van der Waals surface area contributed by atoms with Crippen LogP contribution in [0.1, 0.15) is 91.0 Å². The maximum atomic E-state index is 13.7. The number of methoxy groups -OCH3 is 1. The summed E-state index contributed by atoms with van der Waals surface area (Å²) >= 11 is 0. The van der Waals surface area contributed by atoms with Gasteiger partial charge in [-0.05, 0) is 81.7 Å². The largest absolute Gasteiger partial charge is 0.467 e. The van der Waals surface area contributed by atoms with Gasteiger partial charge in [0.25, 0.3) is 0 Å². The van der Waals surface area contributed by atoms with Crippen molar-refractivity contribution >= 4 is 34.7 Å². The van der Waals surface area contributed by atoms with Crippen LogP contribution in [0.3, 0.4) is 0 Å². The number of carbonyl (C=O) groups is 4. The number of hydrogen-bond acceptors (Lipinski definition) is 9. The van der Waals surface area contributed by atoms with Gasteiger partial charge in [-0.25, -0.2) is 14.8 Å². The average molecular weight is 834 g/mol. The molecule has 0 spiro atoms. The molecule has 2 fully saturated rings. The first-order valence-electron chi connectivity index (χ1n) is 21.1. The molecule has 3 aromatic heterocycles. The van der Waals surface area contributed by atoms with E-state index in [4.69, 9.17) is 19.4 Å². The third-order valence-corrected chi connectivity index (χ3v) is 12.3. The van der Waals surface area contributed by atoms with Gasteiger partial charge in [0.05, 0.1) is 54.2 Å². The number of alkyl carbamates (subject to hydrolysis) is 1. The van der Waals surface area contributed by atoms with Crippen molar-refractivity contribution in [3.8, 4) is 39.5 Å². The number of nitrogens with one attached hydrogen (secondary N) is 4. The highest BCUT2D eigenvalue weighted by molar-refractivity contribution is 5.93. The predicted octanol–water partition coefficient (Wildman–Crippen LogP) is 6.01. The Morgan fingerprint density at radius 2 is 1.39 bits per heavy atom. The molecule has 0 aliphatic carbocycles. The van der Waals surface area contributed by atoms with Crippen LogP contribution >= 0.6 is 0 Å². The lowest BCUT2D eigenvalue weighted by Crippen LogP contribution is -2.51. The third-order valence-electron chi connectivity index (χ3n) is 12.3. The molecular formula is C45H55N9O7. The number of likely N-dealkylation sites (tertiary alicyclic amines) is 2. The Balaban J connectivity index is 1.03. The molecule has 16 heteroatoms. The van der Waals surface area contributed by atoms with Crippen LogP contribution in [-0.2, 0) is 24.8 Å². The summed E-state index contributed by atoms with van der Waals surface area (Å²) in [5.41, 5.74) is 5.76. The first-order valence-corrected chi connectivity index (χ1v) is 21.1. The predicted molar refractivity (Wildman–Crippen MR) is 228 cm³/mol. The van der Waals surface area contributed by atoms with Crippen molar-refractivity contribution in [2.45, 2.75) is 97.1 Å². The number of aromatic nitrogens is 5. The van der Waals surface area contributed by atoms with Crippen molar-refractivity contribution in [2.24, 2.45) is 11.8 Å². The molecule has 5 aromatic rings. The molecule has 0 bridgehead atoms. The minimum absolute atomic E-state index is 0.126. The Hall–Kier alpha value is -6.16. The quantitative estimate of drug-likeness (QED) is 0.106. The molecule has 0 radical (unpaired) electrons. The van der Waals surface area contributed by atoms with Gasteiger partial charge in [-0.2, -0.15) is 0 Å². The Kier molecular flexibility index (Phi) is 11.2. The molecule has 3 aliphatic heterocycles. The van der Waals surface area contributed by atoms with E-state index in [2.05, 4.69) is 55.5 Å². The molecule has 4 amide bonds. The summed E-state index contributed by atoms with van der Waals surface area (Å²) in [5.74, 6) is 0.939. The zero-order chi connectivity index (χ0) is 43.3. The van der Waals surface area contributed by atoms with Crippen molar-refractivity contribution in [1.82, 2.24) is 44.9 Å². The molecule has 322 valence electrons. The Bertz CT molecular complexity index is 2480. The van der Waals surface area contributed by atoms with Gasteiger partial charge in [-0.3, -0.25) is 14.4 Å². The fraction of sp³-hybridized carbons (Fsp3) is 0.467. The summed E-state index contributed by atoms with van der Waals surface area (Å²) in [5, 5.41) is 15.7. The van der Waals surface area contributed by atoms with E-state index in [0.29, 0.717) is 24.7 Å². The molecule has 2 saturated heterocycles. The fourth-order valence-corrected chi connectivity index (χ4v) is 9.19. The Morgan fingerprint density at radius 1 is 0.836 bits per heavy atom. The fourth-order valence-electron chi connectivity index (χ4n) is 9.19. The maximum absolute atomic E-state index is 13.7. The third kappa shape index (κ3) is 7.73. The molecule has 3 aliphatic rings. The molecule has 0 unspecified atom stereocenters. The number of imidazole rings is 2. The van der Waals surface area contributed by atoms with Crippen molar-refractivity contribution in [3.63, 3.8) is 0 Å². The van der Waals surface area contributed by atoms with E-state index in [1.807, 2.05) is 53.7 Å². The monoisotopic (exact) mass is 833 g/mol. The van der Waals surface area contributed by atoms with E-state index in [9.17, 15) is 24.3 Å². The van der Waals surface area contributed by atoms with Crippen molar-refractivity contribution in [2.75, 3.05) is 26.8 Å². The van der Waals surface area contributed by atoms with E-state index in [1.165, 1.54) is 7.11 Å². The Labute approximate surface area is 354 Å². The lowest BCUT2D eigenvalue weighted by atomic mass is 10.0. The van der Waals surface area contributed by atoms with E-state index >= 15 is 0 Å². The van der Waals surface area contributed by atoms with E-state index in [1.54, 1.807) is 22.2 Å². The summed E-state index contributed by atoms with van der Waals surface area (Å²) in [6, 6.07) is 12.7. The van der Waals surface area contributed by atoms with Gasteiger partial charge in [0.2, 0.25) is 17.7 Å². The second kappa shape index (κ2) is 16.4. The normalized spacial score (nSPS) is 19.1. The summed E-state index contributed by atoms with van der Waals surface area (Å²) in [7, 11) is 1.29. The van der Waals surface area contributed by atoms with Crippen molar-refractivity contribution in [3.05, 3.63) is 66.5 Å². The van der Waals surface area contributed by atoms with Gasteiger partial charge in [0.1, 0.15) is 36.1 Å². The number of rotatable bonds is 11. The van der Waals surface area contributed by atoms with Gasteiger partial charge < -0.3 is 49.5 Å². The van der Waals surface area contributed by atoms with Crippen LogP contribution in [0.25, 0.3) is 44.7 Å². The molecule has 4 atom stereocenters. The molecular weight excluding hydrogens is 779 g/mol. The summed E-state index contributed by atoms with van der Waals surface area (Å²) < 4.78 is 13.7. The van der Waals surface area contributed by atoms with Crippen molar-refractivity contribution < 1.29 is 33.8 Å². The van der Waals surface area contributed by atoms with Gasteiger partial charge >= 0.3 is 6.09 Å². The van der Waals surface area contributed by atoms with Gasteiger partial charge in [-0.15, -0.1) is 0 Å². The van der Waals surface area contributed by atoms with Crippen LogP contribution in [0.2, 0.25) is 0 Å². The summed E-state index contributed by atoms with van der Waals surface area (Å²) in [6.07, 6.45) is 6.10. The lowest BCUT2D eigenvalue weighted by molar-refractivity contribution is -0.139. The zero-order valence-electron chi connectivity index (χ0n) is 35.7. The second-order valence-electron chi connectivity index (χ2n) is 17.4. The molecule has 6 heterocycles. The highest BCUT2D eigenvalue weighted by Crippen LogP contribution is 2.46.